The van der Waals surface area contributed by atoms with E-state index in [1.807, 2.05) is 38.1 Å². The van der Waals surface area contributed by atoms with Crippen LogP contribution in [0.4, 0.5) is 0 Å². The van der Waals surface area contributed by atoms with Gasteiger partial charge in [-0.25, -0.2) is 0 Å². The molecule has 0 aliphatic rings. The van der Waals surface area contributed by atoms with Crippen LogP contribution in [-0.2, 0) is 9.59 Å². The summed E-state index contributed by atoms with van der Waals surface area (Å²) in [5, 5.41) is 13.5. The van der Waals surface area contributed by atoms with Crippen molar-refractivity contribution in [2.24, 2.45) is 0 Å². The van der Waals surface area contributed by atoms with Crippen LogP contribution in [0.3, 0.4) is 0 Å². The van der Waals surface area contributed by atoms with Gasteiger partial charge < -0.3 is 15.1 Å². The number of carbonyl (C=O) groups excluding carboxylic acids is 2. The summed E-state index contributed by atoms with van der Waals surface area (Å²) in [6.07, 6.45) is 0. The third-order valence-electron chi connectivity index (χ3n) is 3.15. The van der Waals surface area contributed by atoms with Crippen LogP contribution in [0.15, 0.2) is 33.9 Å². The van der Waals surface area contributed by atoms with E-state index in [0.717, 1.165) is 22.9 Å². The van der Waals surface area contributed by atoms with Crippen LogP contribution >= 0.6 is 11.8 Å². The molecule has 2 rings (SSSR count). The van der Waals surface area contributed by atoms with Crippen molar-refractivity contribution in [3.63, 3.8) is 0 Å². The first-order valence-corrected chi connectivity index (χ1v) is 8.58. The highest BCUT2D eigenvalue weighted by atomic mass is 32.2. The first kappa shape index (κ1) is 18.0. The van der Waals surface area contributed by atoms with E-state index in [9.17, 15) is 9.59 Å². The number of carbonyl (C=O) groups is 2. The van der Waals surface area contributed by atoms with Crippen molar-refractivity contribution < 1.29 is 14.0 Å². The molecule has 0 bridgehead atoms. The highest BCUT2D eigenvalue weighted by Gasteiger charge is 2.16. The minimum Gasteiger partial charge on any atom is -0.411 e. The molecule has 0 fully saturated rings. The summed E-state index contributed by atoms with van der Waals surface area (Å²) in [5.41, 5.74) is 1.97. The molecule has 1 aromatic carbocycles. The second-order valence-electron chi connectivity index (χ2n) is 5.21. The molecule has 0 spiro atoms. The van der Waals surface area contributed by atoms with E-state index in [-0.39, 0.29) is 17.6 Å². The minimum absolute atomic E-state index is 0.0965. The Labute approximate surface area is 144 Å². The van der Waals surface area contributed by atoms with Crippen LogP contribution in [0.1, 0.15) is 19.4 Å². The fourth-order valence-electron chi connectivity index (χ4n) is 1.88. The summed E-state index contributed by atoms with van der Waals surface area (Å²) in [4.78, 5) is 23.4. The van der Waals surface area contributed by atoms with Crippen LogP contribution < -0.4 is 10.6 Å². The summed E-state index contributed by atoms with van der Waals surface area (Å²) >= 11 is 1.13. The average molecular weight is 348 g/mol. The number of hydrogen-bond donors (Lipinski definition) is 2. The number of aromatic nitrogens is 2. The number of thioether (sulfide) groups is 1. The lowest BCUT2D eigenvalue weighted by atomic mass is 10.1. The maximum Gasteiger partial charge on any atom is 0.277 e. The molecular formula is C16H20N4O3S. The van der Waals surface area contributed by atoms with Crippen molar-refractivity contribution >= 4 is 23.6 Å². The molecule has 0 aliphatic carbocycles. The van der Waals surface area contributed by atoms with E-state index in [1.54, 1.807) is 6.92 Å². The number of nitrogens with zero attached hydrogens (tertiary/aromatic N) is 2. The zero-order valence-corrected chi connectivity index (χ0v) is 14.6. The second kappa shape index (κ2) is 8.49. The Morgan fingerprint density at radius 3 is 2.62 bits per heavy atom. The number of aryl methyl sites for hydroxylation is 1. The van der Waals surface area contributed by atoms with E-state index < -0.39 is 6.04 Å². The van der Waals surface area contributed by atoms with Crippen molar-refractivity contribution in [2.75, 3.05) is 12.3 Å². The largest absolute Gasteiger partial charge is 0.411 e. The van der Waals surface area contributed by atoms with Crippen molar-refractivity contribution in [2.45, 2.75) is 32.0 Å². The number of hydrogen-bond acceptors (Lipinski definition) is 6. The van der Waals surface area contributed by atoms with E-state index in [1.165, 1.54) is 0 Å². The van der Waals surface area contributed by atoms with Gasteiger partial charge in [0, 0.05) is 12.1 Å². The molecule has 128 valence electrons. The van der Waals surface area contributed by atoms with Crippen LogP contribution in [0.5, 0.6) is 0 Å². The van der Waals surface area contributed by atoms with Gasteiger partial charge in [0.1, 0.15) is 6.04 Å². The number of benzene rings is 1. The van der Waals surface area contributed by atoms with Gasteiger partial charge in [-0.15, -0.1) is 10.2 Å². The quantitative estimate of drug-likeness (QED) is 0.740. The molecule has 1 heterocycles. The molecule has 1 aromatic heterocycles. The fourth-order valence-corrected chi connectivity index (χ4v) is 2.46. The van der Waals surface area contributed by atoms with Crippen LogP contribution in [0.25, 0.3) is 11.5 Å². The number of likely N-dealkylation sites (N-methyl/N-ethyl adjacent to an activating group) is 1. The number of rotatable bonds is 7. The van der Waals surface area contributed by atoms with Crippen molar-refractivity contribution in [3.8, 4) is 11.5 Å². The molecule has 7 nitrogen and oxygen atoms in total. The highest BCUT2D eigenvalue weighted by molar-refractivity contribution is 7.99. The third kappa shape index (κ3) is 5.09. The lowest BCUT2D eigenvalue weighted by molar-refractivity contribution is -0.127. The molecule has 0 aliphatic heterocycles. The summed E-state index contributed by atoms with van der Waals surface area (Å²) in [6, 6.07) is 7.14. The Bertz CT molecular complexity index is 700. The minimum atomic E-state index is -0.580. The van der Waals surface area contributed by atoms with Gasteiger partial charge in [-0.2, -0.15) is 0 Å². The van der Waals surface area contributed by atoms with Gasteiger partial charge in [0.05, 0.1) is 5.75 Å². The van der Waals surface area contributed by atoms with E-state index in [2.05, 4.69) is 20.8 Å². The zero-order valence-electron chi connectivity index (χ0n) is 13.8. The molecule has 0 saturated heterocycles. The summed E-state index contributed by atoms with van der Waals surface area (Å²) in [7, 11) is 0. The maximum atomic E-state index is 11.8. The third-order valence-corrected chi connectivity index (χ3v) is 3.97. The number of nitrogens with one attached hydrogen (secondary N) is 2. The monoisotopic (exact) mass is 348 g/mol. The molecule has 0 saturated carbocycles. The Balaban J connectivity index is 1.85. The van der Waals surface area contributed by atoms with E-state index in [0.29, 0.717) is 17.7 Å². The normalized spacial score (nSPS) is 11.8. The predicted molar refractivity (Wildman–Crippen MR) is 91.5 cm³/mol. The van der Waals surface area contributed by atoms with E-state index >= 15 is 0 Å². The second-order valence-corrected chi connectivity index (χ2v) is 6.14. The lowest BCUT2D eigenvalue weighted by Gasteiger charge is -2.12. The van der Waals surface area contributed by atoms with Gasteiger partial charge in [0.25, 0.3) is 5.22 Å². The smallest absolute Gasteiger partial charge is 0.277 e. The molecule has 0 unspecified atom stereocenters. The molecule has 1 atom stereocenters. The summed E-state index contributed by atoms with van der Waals surface area (Å²) in [5.74, 6) is 0.0250. The first-order chi connectivity index (χ1) is 11.5. The van der Waals surface area contributed by atoms with Gasteiger partial charge in [-0.3, -0.25) is 9.59 Å². The zero-order chi connectivity index (χ0) is 17.5. The topological polar surface area (TPSA) is 97.1 Å². The molecule has 8 heteroatoms. The van der Waals surface area contributed by atoms with Gasteiger partial charge in [0.15, 0.2) is 0 Å². The Morgan fingerprint density at radius 1 is 1.25 bits per heavy atom. The van der Waals surface area contributed by atoms with Gasteiger partial charge in [0.2, 0.25) is 17.7 Å². The van der Waals surface area contributed by atoms with Crippen LogP contribution in [0, 0.1) is 6.92 Å². The van der Waals surface area contributed by atoms with Crippen LogP contribution in [-0.4, -0.2) is 40.4 Å². The standard InChI is InChI=1S/C16H20N4O3S/c1-4-17-14(22)11(3)18-13(21)9-24-16-20-19-15(23-16)12-7-5-10(2)6-8-12/h5-8,11H,4,9H2,1-3H3,(H,17,22)(H,18,21)/t11-/m0/s1. The van der Waals surface area contributed by atoms with Crippen molar-refractivity contribution in [1.29, 1.82) is 0 Å². The van der Waals surface area contributed by atoms with Gasteiger partial charge in [-0.1, -0.05) is 29.5 Å². The Kier molecular flexibility index (Phi) is 6.36. The fraction of sp³-hybridized carbons (Fsp3) is 0.375. The number of amides is 2. The van der Waals surface area contributed by atoms with Crippen molar-refractivity contribution in [3.05, 3.63) is 29.8 Å². The summed E-state index contributed by atoms with van der Waals surface area (Å²) in [6.45, 7) is 5.98. The van der Waals surface area contributed by atoms with Crippen molar-refractivity contribution in [1.82, 2.24) is 20.8 Å². The first-order valence-electron chi connectivity index (χ1n) is 7.60. The van der Waals surface area contributed by atoms with Crippen LogP contribution in [0.2, 0.25) is 0 Å². The molecule has 0 radical (unpaired) electrons. The Hall–Kier alpha value is -2.35. The SMILES string of the molecule is CCNC(=O)[C@H](C)NC(=O)CSc1nnc(-c2ccc(C)cc2)o1. The molecule has 2 aromatic rings. The average Bonchev–Trinajstić information content (AvgIpc) is 3.03. The molecule has 24 heavy (non-hydrogen) atoms. The maximum absolute atomic E-state index is 11.8. The molecular weight excluding hydrogens is 328 g/mol. The lowest BCUT2D eigenvalue weighted by Crippen LogP contribution is -2.45. The Morgan fingerprint density at radius 2 is 1.96 bits per heavy atom. The predicted octanol–water partition coefficient (Wildman–Crippen LogP) is 1.78. The molecule has 2 N–H and O–H groups in total. The summed E-state index contributed by atoms with van der Waals surface area (Å²) < 4.78 is 5.53. The van der Waals surface area contributed by atoms with Gasteiger partial charge >= 0.3 is 0 Å². The van der Waals surface area contributed by atoms with E-state index in [4.69, 9.17) is 4.42 Å². The highest BCUT2D eigenvalue weighted by Crippen LogP contribution is 2.23. The van der Waals surface area contributed by atoms with Gasteiger partial charge in [-0.05, 0) is 32.9 Å². The molecule has 2 amide bonds.